The lowest BCUT2D eigenvalue weighted by Gasteiger charge is -2.05. The van der Waals surface area contributed by atoms with Crippen molar-refractivity contribution in [2.75, 3.05) is 19.4 Å². The quantitative estimate of drug-likeness (QED) is 0.730. The molecule has 120 valence electrons. The Bertz CT molecular complexity index is 866. The first-order valence-electron chi connectivity index (χ1n) is 7.13. The first-order chi connectivity index (χ1) is 10.9. The molecule has 0 atom stereocenters. The van der Waals surface area contributed by atoms with Crippen LogP contribution in [-0.2, 0) is 6.54 Å². The Morgan fingerprint density at radius 2 is 2.17 bits per heavy atom. The maximum absolute atomic E-state index is 12.4. The van der Waals surface area contributed by atoms with Gasteiger partial charge in [0.2, 0.25) is 0 Å². The van der Waals surface area contributed by atoms with Crippen molar-refractivity contribution < 1.29 is 9.21 Å². The number of aryl methyl sites for hydroxylation is 1. The second-order valence-corrected chi connectivity index (χ2v) is 6.58. The van der Waals surface area contributed by atoms with Gasteiger partial charge in [-0.15, -0.1) is 0 Å². The van der Waals surface area contributed by atoms with Gasteiger partial charge in [-0.05, 0) is 39.2 Å². The number of amides is 1. The van der Waals surface area contributed by atoms with Crippen LogP contribution in [0.25, 0.3) is 11.0 Å². The van der Waals surface area contributed by atoms with Gasteiger partial charge in [0.1, 0.15) is 5.58 Å². The number of nitrogens with one attached hydrogen (secondary N) is 2. The summed E-state index contributed by atoms with van der Waals surface area (Å²) in [5.74, 6) is 0.473. The lowest BCUT2D eigenvalue weighted by atomic mass is 10.1. The fourth-order valence-corrected chi connectivity index (χ4v) is 2.79. The van der Waals surface area contributed by atoms with E-state index in [1.807, 2.05) is 50.2 Å². The van der Waals surface area contributed by atoms with Gasteiger partial charge >= 0.3 is 0 Å². The van der Waals surface area contributed by atoms with Crippen LogP contribution >= 0.6 is 15.9 Å². The number of halogens is 1. The first-order valence-corrected chi connectivity index (χ1v) is 7.92. The predicted octanol–water partition coefficient (Wildman–Crippen LogP) is 3.54. The highest BCUT2D eigenvalue weighted by atomic mass is 79.9. The molecule has 0 aliphatic rings. The number of anilines is 1. The fourth-order valence-electron chi connectivity index (χ4n) is 2.43. The van der Waals surface area contributed by atoms with Crippen LogP contribution in [0.15, 0.2) is 33.2 Å². The molecule has 1 aromatic carbocycles. The molecule has 2 aromatic heterocycles. The van der Waals surface area contributed by atoms with Crippen molar-refractivity contribution in [2.45, 2.75) is 13.5 Å². The minimum absolute atomic E-state index is 0.301. The first kappa shape index (κ1) is 15.8. The molecule has 3 rings (SSSR count). The number of aromatic amines is 1. The highest BCUT2D eigenvalue weighted by molar-refractivity contribution is 9.10. The number of furan rings is 1. The number of nitrogens with zero attached hydrogens (tertiary/aromatic N) is 2. The topological polar surface area (TPSA) is 74.2 Å². The molecule has 0 bridgehead atoms. The zero-order valence-corrected chi connectivity index (χ0v) is 14.7. The molecule has 0 aliphatic carbocycles. The van der Waals surface area contributed by atoms with Crippen LogP contribution in [0.3, 0.4) is 0 Å². The van der Waals surface area contributed by atoms with Crippen LogP contribution in [0.1, 0.15) is 21.8 Å². The van der Waals surface area contributed by atoms with Crippen molar-refractivity contribution in [3.8, 4) is 0 Å². The SMILES string of the molecule is Cc1c(C(=O)Nc2cc(CN(C)C)[nH]n2)oc2ccc(Br)cc12. The summed E-state index contributed by atoms with van der Waals surface area (Å²) >= 11 is 3.43. The second-order valence-electron chi connectivity index (χ2n) is 5.67. The second kappa shape index (κ2) is 6.17. The summed E-state index contributed by atoms with van der Waals surface area (Å²) < 4.78 is 6.63. The maximum atomic E-state index is 12.4. The van der Waals surface area contributed by atoms with E-state index in [0.29, 0.717) is 17.2 Å². The van der Waals surface area contributed by atoms with E-state index < -0.39 is 0 Å². The van der Waals surface area contributed by atoms with E-state index in [1.54, 1.807) is 0 Å². The number of carbonyl (C=O) groups excluding carboxylic acids is 1. The van der Waals surface area contributed by atoms with Crippen LogP contribution in [0.4, 0.5) is 5.82 Å². The minimum atomic E-state index is -0.308. The molecule has 0 saturated carbocycles. The van der Waals surface area contributed by atoms with Gasteiger partial charge in [0.05, 0.1) is 5.69 Å². The summed E-state index contributed by atoms with van der Waals surface area (Å²) in [6.07, 6.45) is 0. The molecule has 7 heteroatoms. The normalized spacial score (nSPS) is 11.3. The minimum Gasteiger partial charge on any atom is -0.451 e. The van der Waals surface area contributed by atoms with Crippen molar-refractivity contribution in [1.82, 2.24) is 15.1 Å². The summed E-state index contributed by atoms with van der Waals surface area (Å²) in [6, 6.07) is 7.47. The van der Waals surface area contributed by atoms with Crippen LogP contribution in [0.5, 0.6) is 0 Å². The fraction of sp³-hybridized carbons (Fsp3) is 0.250. The van der Waals surface area contributed by atoms with E-state index in [1.165, 1.54) is 0 Å². The molecule has 0 radical (unpaired) electrons. The molecule has 6 nitrogen and oxygen atoms in total. The molecule has 0 spiro atoms. The van der Waals surface area contributed by atoms with Crippen molar-refractivity contribution in [2.24, 2.45) is 0 Å². The Kier molecular flexibility index (Phi) is 4.23. The highest BCUT2D eigenvalue weighted by Gasteiger charge is 2.18. The Hall–Kier alpha value is -2.12. The van der Waals surface area contributed by atoms with Gasteiger partial charge in [-0.1, -0.05) is 15.9 Å². The van der Waals surface area contributed by atoms with Gasteiger partial charge < -0.3 is 14.6 Å². The van der Waals surface area contributed by atoms with E-state index in [0.717, 1.165) is 27.7 Å². The number of fused-ring (bicyclic) bond motifs is 1. The molecule has 0 fully saturated rings. The third-order valence-electron chi connectivity index (χ3n) is 3.46. The van der Waals surface area contributed by atoms with Crippen molar-refractivity contribution in [3.05, 3.63) is 45.8 Å². The monoisotopic (exact) mass is 376 g/mol. The van der Waals surface area contributed by atoms with E-state index in [-0.39, 0.29) is 5.91 Å². The summed E-state index contributed by atoms with van der Waals surface area (Å²) in [6.45, 7) is 2.59. The van der Waals surface area contributed by atoms with E-state index in [2.05, 4.69) is 31.4 Å². The summed E-state index contributed by atoms with van der Waals surface area (Å²) in [7, 11) is 3.93. The average molecular weight is 377 g/mol. The largest absolute Gasteiger partial charge is 0.451 e. The van der Waals surface area contributed by atoms with Crippen LogP contribution < -0.4 is 5.32 Å². The van der Waals surface area contributed by atoms with Crippen LogP contribution in [0.2, 0.25) is 0 Å². The molecule has 0 aliphatic heterocycles. The van der Waals surface area contributed by atoms with Crippen molar-refractivity contribution >= 4 is 38.6 Å². The van der Waals surface area contributed by atoms with Gasteiger partial charge in [-0.3, -0.25) is 9.89 Å². The zero-order valence-electron chi connectivity index (χ0n) is 13.1. The van der Waals surface area contributed by atoms with Crippen LogP contribution in [-0.4, -0.2) is 35.1 Å². The van der Waals surface area contributed by atoms with Gasteiger partial charge in [-0.25, -0.2) is 0 Å². The average Bonchev–Trinajstić information content (AvgIpc) is 3.03. The zero-order chi connectivity index (χ0) is 16.6. The highest BCUT2D eigenvalue weighted by Crippen LogP contribution is 2.28. The van der Waals surface area contributed by atoms with Gasteiger partial charge in [0.25, 0.3) is 5.91 Å². The third-order valence-corrected chi connectivity index (χ3v) is 3.96. The molecule has 23 heavy (non-hydrogen) atoms. The summed E-state index contributed by atoms with van der Waals surface area (Å²) in [5.41, 5.74) is 2.42. The molecular formula is C16H17BrN4O2. The van der Waals surface area contributed by atoms with E-state index >= 15 is 0 Å². The standard InChI is InChI=1S/C16H17BrN4O2/c1-9-12-6-10(17)4-5-13(12)23-15(9)16(22)18-14-7-11(19-20-14)8-21(2)3/h4-7H,8H2,1-3H3,(H2,18,19,20,22). The Morgan fingerprint density at radius 3 is 2.91 bits per heavy atom. The molecule has 2 heterocycles. The number of hydrogen-bond donors (Lipinski definition) is 2. The number of hydrogen-bond acceptors (Lipinski definition) is 4. The summed E-state index contributed by atoms with van der Waals surface area (Å²) in [5, 5.41) is 10.7. The Morgan fingerprint density at radius 1 is 1.39 bits per heavy atom. The molecule has 0 saturated heterocycles. The Labute approximate surface area is 142 Å². The number of rotatable bonds is 4. The van der Waals surface area contributed by atoms with Gasteiger partial charge in [-0.2, -0.15) is 5.10 Å². The van der Waals surface area contributed by atoms with Gasteiger partial charge in [0.15, 0.2) is 11.6 Å². The molecule has 1 amide bonds. The number of carbonyl (C=O) groups is 1. The predicted molar refractivity (Wildman–Crippen MR) is 92.6 cm³/mol. The smallest absolute Gasteiger partial charge is 0.292 e. The molecule has 2 N–H and O–H groups in total. The lowest BCUT2D eigenvalue weighted by Crippen LogP contribution is -2.12. The van der Waals surface area contributed by atoms with Crippen LogP contribution in [0, 0.1) is 6.92 Å². The number of aromatic nitrogens is 2. The van der Waals surface area contributed by atoms with Crippen molar-refractivity contribution in [3.63, 3.8) is 0 Å². The van der Waals surface area contributed by atoms with E-state index in [4.69, 9.17) is 4.42 Å². The lowest BCUT2D eigenvalue weighted by molar-refractivity contribution is 0.0997. The maximum Gasteiger partial charge on any atom is 0.292 e. The Balaban J connectivity index is 1.83. The molecule has 0 unspecified atom stereocenters. The molecule has 3 aromatic rings. The summed E-state index contributed by atoms with van der Waals surface area (Å²) in [4.78, 5) is 14.5. The van der Waals surface area contributed by atoms with Gasteiger partial charge in [0, 0.05) is 28.0 Å². The van der Waals surface area contributed by atoms with Crippen molar-refractivity contribution in [1.29, 1.82) is 0 Å². The number of H-pyrrole nitrogens is 1. The third kappa shape index (κ3) is 3.30. The molecular weight excluding hydrogens is 360 g/mol. The number of benzene rings is 1. The van der Waals surface area contributed by atoms with E-state index in [9.17, 15) is 4.79 Å².